The van der Waals surface area contributed by atoms with E-state index < -0.39 is 6.10 Å². The predicted octanol–water partition coefficient (Wildman–Crippen LogP) is 18.2. The minimum Gasteiger partial charge on any atom is -0.462 e. The van der Waals surface area contributed by atoms with Crippen molar-refractivity contribution in [3.63, 3.8) is 0 Å². The smallest absolute Gasteiger partial charge is 0.306 e. The van der Waals surface area contributed by atoms with Crippen molar-refractivity contribution in [2.45, 2.75) is 271 Å². The summed E-state index contributed by atoms with van der Waals surface area (Å²) in [6, 6.07) is 0. The van der Waals surface area contributed by atoms with E-state index in [-0.39, 0.29) is 31.1 Å². The summed E-state index contributed by atoms with van der Waals surface area (Å²) >= 11 is 0. The Kier molecular flexibility index (Phi) is 50.9. The lowest BCUT2D eigenvalue weighted by Crippen LogP contribution is -2.30. The molecule has 0 radical (unpaired) electrons. The van der Waals surface area contributed by atoms with Crippen molar-refractivity contribution in [1.29, 1.82) is 0 Å². The van der Waals surface area contributed by atoms with Gasteiger partial charge in [0.15, 0.2) is 6.10 Å². The van der Waals surface area contributed by atoms with Crippen LogP contribution < -0.4 is 0 Å². The summed E-state index contributed by atoms with van der Waals surface area (Å²) in [4.78, 5) is 38.0. The van der Waals surface area contributed by atoms with Gasteiger partial charge in [0.2, 0.25) is 0 Å². The number of unbranched alkanes of at least 4 members (excludes halogenated alkanes) is 26. The third-order valence-corrected chi connectivity index (χ3v) is 11.7. The molecule has 0 bridgehead atoms. The largest absolute Gasteiger partial charge is 0.462 e. The molecule has 0 aromatic rings. The van der Waals surface area contributed by atoms with Crippen molar-refractivity contribution in [3.05, 3.63) is 72.9 Å². The van der Waals surface area contributed by atoms with Crippen LogP contribution in [0.3, 0.4) is 0 Å². The van der Waals surface area contributed by atoms with Gasteiger partial charge in [0.1, 0.15) is 13.2 Å². The number of ether oxygens (including phenoxy) is 3. The van der Waals surface area contributed by atoms with E-state index in [9.17, 15) is 14.4 Å². The van der Waals surface area contributed by atoms with Crippen LogP contribution in [0.15, 0.2) is 72.9 Å². The van der Waals surface area contributed by atoms with E-state index in [1.165, 1.54) is 128 Å². The fourth-order valence-corrected chi connectivity index (χ4v) is 7.62. The third-order valence-electron chi connectivity index (χ3n) is 11.7. The number of hydrogen-bond acceptors (Lipinski definition) is 6. The van der Waals surface area contributed by atoms with Gasteiger partial charge in [-0.3, -0.25) is 14.4 Å². The molecule has 0 aromatic heterocycles. The van der Waals surface area contributed by atoms with E-state index in [2.05, 4.69) is 93.7 Å². The van der Waals surface area contributed by atoms with Gasteiger partial charge in [-0.1, -0.05) is 248 Å². The van der Waals surface area contributed by atoms with Gasteiger partial charge in [-0.15, -0.1) is 0 Å². The number of carbonyl (C=O) groups excluding carboxylic acids is 3. The van der Waals surface area contributed by atoms with Crippen LogP contribution >= 0.6 is 0 Å². The van der Waals surface area contributed by atoms with E-state index in [4.69, 9.17) is 14.2 Å². The molecule has 0 rings (SSSR count). The molecule has 0 aliphatic heterocycles. The van der Waals surface area contributed by atoms with Crippen LogP contribution in [-0.4, -0.2) is 37.2 Å². The van der Waals surface area contributed by atoms with E-state index >= 15 is 0 Å². The van der Waals surface area contributed by atoms with Crippen LogP contribution in [0.4, 0.5) is 0 Å². The Morgan fingerprint density at radius 3 is 0.938 bits per heavy atom. The number of rotatable bonds is 49. The van der Waals surface area contributed by atoms with Crippen LogP contribution in [0, 0.1) is 0 Å². The summed E-state index contributed by atoms with van der Waals surface area (Å²) in [6.07, 6.45) is 67.5. The lowest BCUT2D eigenvalue weighted by molar-refractivity contribution is -0.167. The zero-order valence-electron chi connectivity index (χ0n) is 42.7. The molecule has 65 heavy (non-hydrogen) atoms. The highest BCUT2D eigenvalue weighted by Crippen LogP contribution is 2.16. The molecule has 0 saturated heterocycles. The maximum absolute atomic E-state index is 12.8. The maximum atomic E-state index is 12.8. The first-order valence-electron chi connectivity index (χ1n) is 27.4. The molecule has 1 unspecified atom stereocenters. The molecule has 374 valence electrons. The molecule has 6 nitrogen and oxygen atoms in total. The van der Waals surface area contributed by atoms with Gasteiger partial charge in [-0.2, -0.15) is 0 Å². The van der Waals surface area contributed by atoms with Crippen molar-refractivity contribution in [2.24, 2.45) is 0 Å². The van der Waals surface area contributed by atoms with Crippen molar-refractivity contribution >= 4 is 17.9 Å². The Morgan fingerprint density at radius 1 is 0.323 bits per heavy atom. The average molecular weight is 907 g/mol. The predicted molar refractivity (Wildman–Crippen MR) is 279 cm³/mol. The number of hydrogen-bond donors (Lipinski definition) is 0. The highest BCUT2D eigenvalue weighted by atomic mass is 16.6. The van der Waals surface area contributed by atoms with E-state index in [0.717, 1.165) is 96.3 Å². The minimum atomic E-state index is -0.789. The van der Waals surface area contributed by atoms with Crippen molar-refractivity contribution < 1.29 is 28.6 Å². The second-order valence-corrected chi connectivity index (χ2v) is 18.1. The van der Waals surface area contributed by atoms with Gasteiger partial charge in [0.05, 0.1) is 0 Å². The number of carbonyl (C=O) groups is 3. The molecular formula is C59H102O6. The average Bonchev–Trinajstić information content (AvgIpc) is 3.30. The standard InChI is InChI=1S/C59H102O6/c1-4-7-10-13-16-19-22-24-26-27-28-29-30-31-33-34-37-40-43-46-49-52-58(61)64-55-56(54-63-57(60)51-48-45-42-39-36-21-18-15-12-9-6-3)65-59(62)53-50-47-44-41-38-35-32-25-23-20-17-14-11-8-5-2/h7,10,16,19,24,26,28-29,31,33,37,40,56H,4-6,8-9,11-15,17-18,20-23,25,27,30,32,34-36,38-39,41-55H2,1-3H3/b10-7-,19-16-,26-24-,29-28-,33-31-,40-37-. The van der Waals surface area contributed by atoms with E-state index in [1.807, 2.05) is 0 Å². The monoisotopic (exact) mass is 907 g/mol. The molecular weight excluding hydrogens is 805 g/mol. The summed E-state index contributed by atoms with van der Waals surface area (Å²) in [6.45, 7) is 6.50. The summed E-state index contributed by atoms with van der Waals surface area (Å²) in [5.74, 6) is -0.924. The molecule has 0 N–H and O–H groups in total. The zero-order chi connectivity index (χ0) is 47.2. The Hall–Kier alpha value is -3.15. The Balaban J connectivity index is 4.41. The number of allylic oxidation sites excluding steroid dienone is 12. The van der Waals surface area contributed by atoms with E-state index in [1.54, 1.807) is 0 Å². The molecule has 0 aliphatic rings. The molecule has 0 aromatic carbocycles. The maximum Gasteiger partial charge on any atom is 0.306 e. The van der Waals surface area contributed by atoms with Crippen molar-refractivity contribution in [1.82, 2.24) is 0 Å². The summed E-state index contributed by atoms with van der Waals surface area (Å²) in [5.41, 5.74) is 0. The number of esters is 3. The molecule has 0 heterocycles. The van der Waals surface area contributed by atoms with E-state index in [0.29, 0.717) is 19.3 Å². The van der Waals surface area contributed by atoms with Gasteiger partial charge < -0.3 is 14.2 Å². The Labute approximate surface area is 402 Å². The normalized spacial score (nSPS) is 12.6. The van der Waals surface area contributed by atoms with Gasteiger partial charge in [0, 0.05) is 19.3 Å². The van der Waals surface area contributed by atoms with Gasteiger partial charge >= 0.3 is 17.9 Å². The quantitative estimate of drug-likeness (QED) is 0.0262. The molecule has 0 spiro atoms. The first kappa shape index (κ1) is 61.9. The second-order valence-electron chi connectivity index (χ2n) is 18.1. The zero-order valence-corrected chi connectivity index (χ0v) is 42.7. The van der Waals surface area contributed by atoms with Crippen LogP contribution in [0.1, 0.15) is 265 Å². The Morgan fingerprint density at radius 2 is 0.600 bits per heavy atom. The summed E-state index contributed by atoms with van der Waals surface area (Å²) < 4.78 is 16.8. The van der Waals surface area contributed by atoms with Gasteiger partial charge in [-0.05, 0) is 70.6 Å². The molecule has 0 amide bonds. The topological polar surface area (TPSA) is 78.9 Å². The SMILES string of the molecule is CC/C=C\C/C=C\C/C=C\C/C=C\C/C=C\C/C=C\CCCCC(=O)OCC(COC(=O)CCCCCCCCCCCCC)OC(=O)CCCCCCCCCCCCCCCCC. The van der Waals surface area contributed by atoms with Crippen molar-refractivity contribution in [3.8, 4) is 0 Å². The first-order valence-corrected chi connectivity index (χ1v) is 27.4. The summed E-state index contributed by atoms with van der Waals surface area (Å²) in [5, 5.41) is 0. The Bertz CT molecular complexity index is 1230. The van der Waals surface area contributed by atoms with Gasteiger partial charge in [0.25, 0.3) is 0 Å². The van der Waals surface area contributed by atoms with Crippen LogP contribution in [-0.2, 0) is 28.6 Å². The highest BCUT2D eigenvalue weighted by Gasteiger charge is 2.19. The van der Waals surface area contributed by atoms with Crippen LogP contribution in [0.5, 0.6) is 0 Å². The third kappa shape index (κ3) is 51.7. The lowest BCUT2D eigenvalue weighted by Gasteiger charge is -2.18. The molecule has 0 fully saturated rings. The fraction of sp³-hybridized carbons (Fsp3) is 0.746. The van der Waals surface area contributed by atoms with Crippen LogP contribution in [0.25, 0.3) is 0 Å². The first-order chi connectivity index (χ1) is 32.0. The highest BCUT2D eigenvalue weighted by molar-refractivity contribution is 5.71. The summed E-state index contributed by atoms with van der Waals surface area (Å²) in [7, 11) is 0. The molecule has 0 saturated carbocycles. The van der Waals surface area contributed by atoms with Crippen molar-refractivity contribution in [2.75, 3.05) is 13.2 Å². The molecule has 6 heteroatoms. The molecule has 1 atom stereocenters. The molecule has 0 aliphatic carbocycles. The minimum absolute atomic E-state index is 0.0859. The lowest BCUT2D eigenvalue weighted by atomic mass is 10.0. The van der Waals surface area contributed by atoms with Gasteiger partial charge in [-0.25, -0.2) is 0 Å². The van der Waals surface area contributed by atoms with Crippen LogP contribution in [0.2, 0.25) is 0 Å². The fourth-order valence-electron chi connectivity index (χ4n) is 7.62. The second kappa shape index (κ2) is 53.5.